The van der Waals surface area contributed by atoms with Gasteiger partial charge in [0.15, 0.2) is 5.78 Å². The van der Waals surface area contributed by atoms with Crippen LogP contribution in [-0.4, -0.2) is 21.2 Å². The van der Waals surface area contributed by atoms with Gasteiger partial charge in [-0.3, -0.25) is 4.79 Å². The van der Waals surface area contributed by atoms with Crippen LogP contribution in [0.25, 0.3) is 0 Å². The zero-order valence-corrected chi connectivity index (χ0v) is 19.6. The molecule has 0 heterocycles. The van der Waals surface area contributed by atoms with E-state index in [0.717, 1.165) is 28.0 Å². The van der Waals surface area contributed by atoms with Crippen molar-refractivity contribution in [1.29, 1.82) is 0 Å². The van der Waals surface area contributed by atoms with E-state index in [1.807, 2.05) is 18.2 Å². The van der Waals surface area contributed by atoms with Crippen molar-refractivity contribution in [1.82, 2.24) is 0 Å². The monoisotopic (exact) mass is 438 g/mol. The van der Waals surface area contributed by atoms with Crippen molar-refractivity contribution in [2.45, 2.75) is 58.7 Å². The third-order valence-corrected chi connectivity index (χ3v) is 10.8. The molecule has 0 spiro atoms. The molecule has 3 nitrogen and oxygen atoms in total. The maximum absolute atomic E-state index is 12.4. The fraction of sp³-hybridized carbons (Fsp3) is 0.571. The predicted octanol–water partition coefficient (Wildman–Crippen LogP) is 6.17. The summed E-state index contributed by atoms with van der Waals surface area (Å²) in [5, 5.41) is 0.105. The fourth-order valence-electron chi connectivity index (χ4n) is 2.92. The van der Waals surface area contributed by atoms with E-state index < -0.39 is 8.32 Å². The van der Waals surface area contributed by atoms with E-state index in [2.05, 4.69) is 56.7 Å². The maximum atomic E-state index is 12.4. The lowest BCUT2D eigenvalue weighted by atomic mass is 9.79. The molecule has 0 saturated heterocycles. The molecule has 1 aromatic rings. The van der Waals surface area contributed by atoms with Gasteiger partial charge in [-0.1, -0.05) is 33.8 Å². The van der Waals surface area contributed by atoms with E-state index >= 15 is 0 Å². The highest BCUT2D eigenvalue weighted by Gasteiger charge is 2.40. The largest absolute Gasteiger partial charge is 0.543 e. The highest BCUT2D eigenvalue weighted by Crippen LogP contribution is 2.42. The van der Waals surface area contributed by atoms with Crippen LogP contribution in [0.4, 0.5) is 0 Å². The molecule has 0 saturated carbocycles. The van der Waals surface area contributed by atoms with Crippen LogP contribution in [0.15, 0.2) is 28.8 Å². The zero-order chi connectivity index (χ0) is 19.7. The van der Waals surface area contributed by atoms with Gasteiger partial charge < -0.3 is 9.16 Å². The molecule has 1 aliphatic carbocycles. The van der Waals surface area contributed by atoms with Crippen molar-refractivity contribution in [2.24, 2.45) is 11.8 Å². The number of allylic oxidation sites excluding steroid dienone is 2. The Balaban J connectivity index is 2.43. The van der Waals surface area contributed by atoms with Crippen LogP contribution in [0.5, 0.6) is 11.5 Å². The second-order valence-electron chi connectivity index (χ2n) is 8.79. The Bertz CT molecular complexity index is 704. The Morgan fingerprint density at radius 3 is 2.42 bits per heavy atom. The van der Waals surface area contributed by atoms with Gasteiger partial charge in [-0.05, 0) is 76.6 Å². The van der Waals surface area contributed by atoms with E-state index in [-0.39, 0.29) is 16.7 Å². The molecule has 5 heteroatoms. The molecule has 0 aromatic heterocycles. The molecule has 0 amide bonds. The first kappa shape index (κ1) is 21.2. The lowest BCUT2D eigenvalue weighted by Crippen LogP contribution is -2.44. The number of carbonyl (C=O) groups is 1. The number of ketones is 1. The second-order valence-corrected chi connectivity index (χ2v) is 14.4. The van der Waals surface area contributed by atoms with Crippen LogP contribution in [0.1, 0.15) is 39.7 Å². The van der Waals surface area contributed by atoms with Gasteiger partial charge in [0, 0.05) is 5.92 Å². The Morgan fingerprint density at radius 1 is 1.23 bits per heavy atom. The average molecular weight is 439 g/mol. The smallest absolute Gasteiger partial charge is 0.250 e. The molecule has 1 aromatic carbocycles. The van der Waals surface area contributed by atoms with E-state index in [9.17, 15) is 4.79 Å². The summed E-state index contributed by atoms with van der Waals surface area (Å²) < 4.78 is 13.0. The molecule has 0 radical (unpaired) electrons. The van der Waals surface area contributed by atoms with Crippen LogP contribution >= 0.6 is 15.9 Å². The minimum Gasteiger partial charge on any atom is -0.543 e. The van der Waals surface area contributed by atoms with Crippen molar-refractivity contribution in [3.05, 3.63) is 34.3 Å². The second kappa shape index (κ2) is 7.89. The van der Waals surface area contributed by atoms with Gasteiger partial charge >= 0.3 is 0 Å². The zero-order valence-electron chi connectivity index (χ0n) is 17.0. The topological polar surface area (TPSA) is 35.5 Å². The van der Waals surface area contributed by atoms with Crippen LogP contribution in [-0.2, 0) is 11.2 Å². The molecule has 2 atom stereocenters. The van der Waals surface area contributed by atoms with Gasteiger partial charge in [0.2, 0.25) is 8.32 Å². The van der Waals surface area contributed by atoms with Crippen LogP contribution in [0, 0.1) is 11.8 Å². The number of benzene rings is 1. The number of methoxy groups -OCH3 is 1. The maximum Gasteiger partial charge on any atom is 0.250 e. The molecular formula is C21H31BrO3Si. The van der Waals surface area contributed by atoms with Crippen molar-refractivity contribution >= 4 is 30.0 Å². The molecule has 0 bridgehead atoms. The molecule has 0 aliphatic heterocycles. The quantitative estimate of drug-likeness (QED) is 0.515. The number of hydrogen-bond acceptors (Lipinski definition) is 3. The number of rotatable bonds is 5. The number of halogens is 1. The van der Waals surface area contributed by atoms with Gasteiger partial charge in [0.1, 0.15) is 11.5 Å². The summed E-state index contributed by atoms with van der Waals surface area (Å²) >= 11 is 3.58. The summed E-state index contributed by atoms with van der Waals surface area (Å²) in [6.45, 7) is 13.3. The van der Waals surface area contributed by atoms with Gasteiger partial charge in [-0.2, -0.15) is 0 Å². The lowest BCUT2D eigenvalue weighted by Gasteiger charge is -2.37. The molecular weight excluding hydrogens is 408 g/mol. The Morgan fingerprint density at radius 2 is 1.88 bits per heavy atom. The standard InChI is InChI=1S/C21H31BrO3Si/c1-14-9-8-10-18(23)16(14)11-15-12-20(24-5)17(22)13-19(15)25-26(6,7)21(2,3)4/h8,10,12-14,16H,9,11H2,1-7H3/t14-,16+/m0/s1. The number of hydrogen-bond donors (Lipinski definition) is 0. The molecule has 2 rings (SSSR count). The van der Waals surface area contributed by atoms with Gasteiger partial charge in [-0.15, -0.1) is 0 Å². The van der Waals surface area contributed by atoms with Crippen LogP contribution in [0.2, 0.25) is 18.1 Å². The summed E-state index contributed by atoms with van der Waals surface area (Å²) in [6, 6.07) is 4.02. The summed E-state index contributed by atoms with van der Waals surface area (Å²) in [4.78, 5) is 12.4. The Kier molecular flexibility index (Phi) is 6.44. The predicted molar refractivity (Wildman–Crippen MR) is 114 cm³/mol. The number of carbonyl (C=O) groups excluding carboxylic acids is 1. The minimum atomic E-state index is -1.99. The lowest BCUT2D eigenvalue weighted by molar-refractivity contribution is -0.120. The van der Waals surface area contributed by atoms with E-state index in [0.29, 0.717) is 12.3 Å². The average Bonchev–Trinajstić information content (AvgIpc) is 2.51. The fourth-order valence-corrected chi connectivity index (χ4v) is 4.45. The first-order valence-corrected chi connectivity index (χ1v) is 12.9. The molecule has 26 heavy (non-hydrogen) atoms. The van der Waals surface area contributed by atoms with Crippen molar-refractivity contribution in [3.63, 3.8) is 0 Å². The summed E-state index contributed by atoms with van der Waals surface area (Å²) in [5.74, 6) is 2.19. The SMILES string of the molecule is COc1cc(C[C@H]2C(=O)C=CC[C@@H]2C)c(O[Si](C)(C)C(C)(C)C)cc1Br. The summed E-state index contributed by atoms with van der Waals surface area (Å²) in [5.41, 5.74) is 1.05. The highest BCUT2D eigenvalue weighted by atomic mass is 79.9. The van der Waals surface area contributed by atoms with Crippen LogP contribution < -0.4 is 9.16 Å². The third kappa shape index (κ3) is 4.60. The normalized spacial score (nSPS) is 21.0. The van der Waals surface area contributed by atoms with Crippen molar-refractivity contribution in [2.75, 3.05) is 7.11 Å². The molecule has 0 fully saturated rings. The summed E-state index contributed by atoms with van der Waals surface area (Å²) in [6.07, 6.45) is 5.34. The van der Waals surface area contributed by atoms with Crippen LogP contribution in [0.3, 0.4) is 0 Å². The Hall–Kier alpha value is -1.07. The number of ether oxygens (including phenoxy) is 1. The Labute approximate surface area is 167 Å². The van der Waals surface area contributed by atoms with Crippen molar-refractivity contribution in [3.8, 4) is 11.5 Å². The van der Waals surface area contributed by atoms with E-state index in [1.165, 1.54) is 0 Å². The van der Waals surface area contributed by atoms with Gasteiger partial charge in [0.25, 0.3) is 0 Å². The van der Waals surface area contributed by atoms with Gasteiger partial charge in [0.05, 0.1) is 11.6 Å². The summed E-state index contributed by atoms with van der Waals surface area (Å²) in [7, 11) is -0.326. The molecule has 0 N–H and O–H groups in total. The minimum absolute atomic E-state index is 0.00681. The molecule has 144 valence electrons. The first-order valence-electron chi connectivity index (χ1n) is 9.22. The third-order valence-electron chi connectivity index (χ3n) is 5.79. The highest BCUT2D eigenvalue weighted by molar-refractivity contribution is 9.10. The van der Waals surface area contributed by atoms with E-state index in [1.54, 1.807) is 13.2 Å². The van der Waals surface area contributed by atoms with Gasteiger partial charge in [-0.25, -0.2) is 0 Å². The first-order chi connectivity index (χ1) is 12.0. The van der Waals surface area contributed by atoms with E-state index in [4.69, 9.17) is 9.16 Å². The van der Waals surface area contributed by atoms with Crippen molar-refractivity contribution < 1.29 is 14.0 Å². The molecule has 1 aliphatic rings. The molecule has 0 unspecified atom stereocenters.